The number of carbonyl (C=O) groups excluding carboxylic acids is 3. The second-order valence-electron chi connectivity index (χ2n) is 6.43. The number of aromatic nitrogens is 2. The molecule has 3 aromatic rings. The highest BCUT2D eigenvalue weighted by Gasteiger charge is 2.13. The van der Waals surface area contributed by atoms with Crippen LogP contribution in [0.2, 0.25) is 5.02 Å². The quantitative estimate of drug-likeness (QED) is 0.428. The normalized spacial score (nSPS) is 10.7. The largest absolute Gasteiger partial charge is 0.452 e. The molecule has 9 heteroatoms. The van der Waals surface area contributed by atoms with Gasteiger partial charge in [-0.1, -0.05) is 41.9 Å². The molecule has 3 rings (SSSR count). The number of ether oxygens (including phenoxy) is 2. The third-order valence-corrected chi connectivity index (χ3v) is 4.39. The average molecular weight is 454 g/mol. The van der Waals surface area contributed by atoms with Gasteiger partial charge in [0.2, 0.25) is 0 Å². The summed E-state index contributed by atoms with van der Waals surface area (Å²) in [6.07, 6.45) is 3.60. The first-order chi connectivity index (χ1) is 15.5. The van der Waals surface area contributed by atoms with E-state index in [9.17, 15) is 14.4 Å². The van der Waals surface area contributed by atoms with E-state index in [4.69, 9.17) is 16.3 Å². The molecule has 1 heterocycles. The fourth-order valence-electron chi connectivity index (χ4n) is 2.71. The summed E-state index contributed by atoms with van der Waals surface area (Å²) in [5, 5.41) is 7.17. The zero-order valence-corrected chi connectivity index (χ0v) is 17.9. The Morgan fingerprint density at radius 2 is 1.78 bits per heavy atom. The first-order valence-corrected chi connectivity index (χ1v) is 10.1. The van der Waals surface area contributed by atoms with Crippen molar-refractivity contribution in [2.24, 2.45) is 0 Å². The number of hydrogen-bond donors (Lipinski definition) is 1. The molecule has 32 heavy (non-hydrogen) atoms. The summed E-state index contributed by atoms with van der Waals surface area (Å²) in [5.74, 6) is -1.54. The van der Waals surface area contributed by atoms with Crippen molar-refractivity contribution < 1.29 is 23.9 Å². The summed E-state index contributed by atoms with van der Waals surface area (Å²) < 4.78 is 11.1. The maximum absolute atomic E-state index is 12.1. The Morgan fingerprint density at radius 3 is 2.47 bits per heavy atom. The van der Waals surface area contributed by atoms with Crippen LogP contribution in [0.15, 0.2) is 66.9 Å². The lowest BCUT2D eigenvalue weighted by atomic mass is 10.1. The van der Waals surface area contributed by atoms with Crippen LogP contribution in [0.1, 0.15) is 12.5 Å². The molecular weight excluding hydrogens is 434 g/mol. The van der Waals surface area contributed by atoms with Gasteiger partial charge in [0.05, 0.1) is 18.0 Å². The van der Waals surface area contributed by atoms with Crippen LogP contribution in [0.3, 0.4) is 0 Å². The first-order valence-electron chi connectivity index (χ1n) is 9.68. The number of hydrogen-bond acceptors (Lipinski definition) is 6. The van der Waals surface area contributed by atoms with Crippen molar-refractivity contribution in [2.45, 2.75) is 6.92 Å². The Labute approximate surface area is 189 Å². The molecule has 1 N–H and O–H groups in total. The summed E-state index contributed by atoms with van der Waals surface area (Å²) in [6, 6.07) is 16.7. The van der Waals surface area contributed by atoms with Crippen molar-refractivity contribution >= 4 is 35.6 Å². The molecule has 0 saturated carbocycles. The van der Waals surface area contributed by atoms with E-state index in [1.54, 1.807) is 36.0 Å². The minimum Gasteiger partial charge on any atom is -0.452 e. The molecule has 0 spiro atoms. The molecule has 2 amide bonds. The van der Waals surface area contributed by atoms with Crippen molar-refractivity contribution in [3.63, 3.8) is 0 Å². The van der Waals surface area contributed by atoms with Crippen molar-refractivity contribution in [1.29, 1.82) is 0 Å². The van der Waals surface area contributed by atoms with Crippen LogP contribution in [0.25, 0.3) is 23.0 Å². The number of halogens is 1. The smallest absolute Gasteiger partial charge is 0.413 e. The lowest BCUT2D eigenvalue weighted by Gasteiger charge is -2.04. The van der Waals surface area contributed by atoms with Gasteiger partial charge in [-0.25, -0.2) is 14.3 Å². The van der Waals surface area contributed by atoms with Gasteiger partial charge in [0.15, 0.2) is 6.61 Å². The Bertz CT molecular complexity index is 1120. The standard InChI is InChI=1S/C23H20ClN3O5/c1-2-31-23(30)25-20(28)15-32-21(29)13-10-17-14-27(19-6-4-3-5-7-19)26-22(17)16-8-11-18(24)12-9-16/h3-14H,2,15H2,1H3,(H,25,28,30)/b13-10+. The second kappa shape index (κ2) is 10.9. The van der Waals surface area contributed by atoms with Gasteiger partial charge in [-0.05, 0) is 37.3 Å². The van der Waals surface area contributed by atoms with Crippen LogP contribution in [0.4, 0.5) is 4.79 Å². The summed E-state index contributed by atoms with van der Waals surface area (Å²) in [6.45, 7) is 1.11. The molecule has 0 atom stereocenters. The molecular formula is C23H20ClN3O5. The van der Waals surface area contributed by atoms with E-state index in [-0.39, 0.29) is 6.61 Å². The number of rotatable bonds is 7. The predicted molar refractivity (Wildman–Crippen MR) is 119 cm³/mol. The molecule has 0 aliphatic rings. The Morgan fingerprint density at radius 1 is 1.06 bits per heavy atom. The molecule has 0 aliphatic heterocycles. The molecule has 0 unspecified atom stereocenters. The maximum Gasteiger partial charge on any atom is 0.413 e. The minimum atomic E-state index is -0.898. The minimum absolute atomic E-state index is 0.119. The molecule has 8 nitrogen and oxygen atoms in total. The Balaban J connectivity index is 1.75. The van der Waals surface area contributed by atoms with E-state index < -0.39 is 24.6 Å². The van der Waals surface area contributed by atoms with E-state index in [1.807, 2.05) is 47.8 Å². The van der Waals surface area contributed by atoms with Crippen LogP contribution >= 0.6 is 11.6 Å². The average Bonchev–Trinajstić information content (AvgIpc) is 3.22. The van der Waals surface area contributed by atoms with Crippen molar-refractivity contribution in [2.75, 3.05) is 13.2 Å². The van der Waals surface area contributed by atoms with Crippen molar-refractivity contribution in [3.05, 3.63) is 77.5 Å². The van der Waals surface area contributed by atoms with E-state index in [1.165, 1.54) is 6.08 Å². The number of imide groups is 1. The Kier molecular flexibility index (Phi) is 7.77. The van der Waals surface area contributed by atoms with E-state index >= 15 is 0 Å². The molecule has 0 fully saturated rings. The van der Waals surface area contributed by atoms with Gasteiger partial charge < -0.3 is 9.47 Å². The summed E-state index contributed by atoms with van der Waals surface area (Å²) >= 11 is 5.99. The topological polar surface area (TPSA) is 99.5 Å². The molecule has 2 aromatic carbocycles. The van der Waals surface area contributed by atoms with Crippen LogP contribution in [0, 0.1) is 0 Å². The molecule has 0 bridgehead atoms. The van der Waals surface area contributed by atoms with Gasteiger partial charge in [0.1, 0.15) is 0 Å². The highest BCUT2D eigenvalue weighted by molar-refractivity contribution is 6.30. The highest BCUT2D eigenvalue weighted by atomic mass is 35.5. The van der Waals surface area contributed by atoms with Crippen LogP contribution in [-0.2, 0) is 19.1 Å². The number of alkyl carbamates (subject to hydrolysis) is 1. The number of benzene rings is 2. The van der Waals surface area contributed by atoms with Crippen molar-refractivity contribution in [1.82, 2.24) is 15.1 Å². The monoisotopic (exact) mass is 453 g/mol. The SMILES string of the molecule is CCOC(=O)NC(=O)COC(=O)/C=C/c1cn(-c2ccccc2)nc1-c1ccc(Cl)cc1. The zero-order valence-electron chi connectivity index (χ0n) is 17.2. The first kappa shape index (κ1) is 22.8. The predicted octanol–water partition coefficient (Wildman–Crippen LogP) is 4.02. The van der Waals surface area contributed by atoms with Crippen LogP contribution in [-0.4, -0.2) is 41.0 Å². The third kappa shape index (κ3) is 6.29. The molecule has 164 valence electrons. The zero-order chi connectivity index (χ0) is 22.9. The fraction of sp³-hybridized carbons (Fsp3) is 0.130. The number of para-hydroxylation sites is 1. The van der Waals surface area contributed by atoms with Crippen molar-refractivity contribution in [3.8, 4) is 16.9 Å². The van der Waals surface area contributed by atoms with Gasteiger partial charge in [-0.2, -0.15) is 5.10 Å². The number of nitrogens with zero attached hydrogens (tertiary/aromatic N) is 2. The number of amides is 2. The van der Waals surface area contributed by atoms with Crippen LogP contribution < -0.4 is 5.32 Å². The van der Waals surface area contributed by atoms with E-state index in [2.05, 4.69) is 9.84 Å². The number of nitrogens with one attached hydrogen (secondary N) is 1. The lowest BCUT2D eigenvalue weighted by molar-refractivity contribution is -0.143. The summed E-state index contributed by atoms with van der Waals surface area (Å²) in [7, 11) is 0. The van der Waals surface area contributed by atoms with Gasteiger partial charge in [-0.15, -0.1) is 0 Å². The van der Waals surface area contributed by atoms with Gasteiger partial charge >= 0.3 is 12.1 Å². The van der Waals surface area contributed by atoms with E-state index in [0.717, 1.165) is 11.3 Å². The number of esters is 1. The molecule has 1 aromatic heterocycles. The third-order valence-electron chi connectivity index (χ3n) is 4.14. The summed E-state index contributed by atoms with van der Waals surface area (Å²) in [4.78, 5) is 34.8. The Hall–Kier alpha value is -3.91. The molecule has 0 radical (unpaired) electrons. The molecule has 0 saturated heterocycles. The van der Waals surface area contributed by atoms with Crippen LogP contribution in [0.5, 0.6) is 0 Å². The second-order valence-corrected chi connectivity index (χ2v) is 6.87. The molecule has 0 aliphatic carbocycles. The maximum atomic E-state index is 12.1. The fourth-order valence-corrected chi connectivity index (χ4v) is 2.84. The summed E-state index contributed by atoms with van der Waals surface area (Å²) in [5.41, 5.74) is 2.95. The number of carbonyl (C=O) groups is 3. The highest BCUT2D eigenvalue weighted by Crippen LogP contribution is 2.26. The van der Waals surface area contributed by atoms with Gasteiger partial charge in [-0.3, -0.25) is 10.1 Å². The van der Waals surface area contributed by atoms with E-state index in [0.29, 0.717) is 16.3 Å². The lowest BCUT2D eigenvalue weighted by Crippen LogP contribution is -2.34. The van der Waals surface area contributed by atoms with Gasteiger partial charge in [0.25, 0.3) is 5.91 Å². The van der Waals surface area contributed by atoms with Gasteiger partial charge in [0, 0.05) is 28.4 Å².